The first-order chi connectivity index (χ1) is 10.3. The van der Waals surface area contributed by atoms with E-state index in [0.29, 0.717) is 0 Å². The van der Waals surface area contributed by atoms with Crippen molar-refractivity contribution in [3.8, 4) is 0 Å². The monoisotopic (exact) mass is 303 g/mol. The van der Waals surface area contributed by atoms with E-state index in [0.717, 1.165) is 19.3 Å². The van der Waals surface area contributed by atoms with Crippen LogP contribution < -0.4 is 17.1 Å². The lowest BCUT2D eigenvalue weighted by atomic mass is 10.1. The second-order valence-corrected chi connectivity index (χ2v) is 6.17. The van der Waals surface area contributed by atoms with Gasteiger partial charge in [0, 0.05) is 12.1 Å². The number of aromatic nitrogens is 3. The summed E-state index contributed by atoms with van der Waals surface area (Å²) in [7, 11) is 0. The molecule has 0 radical (unpaired) electrons. The molecule has 118 valence electrons. The first-order valence-electron chi connectivity index (χ1n) is 7.28. The molecule has 6 nitrogen and oxygen atoms in total. The van der Waals surface area contributed by atoms with Gasteiger partial charge in [-0.1, -0.05) is 30.3 Å². The molecule has 1 aromatic heterocycles. The summed E-state index contributed by atoms with van der Waals surface area (Å²) in [6.45, 7) is 7.40. The van der Waals surface area contributed by atoms with E-state index in [1.807, 2.05) is 30.3 Å². The fourth-order valence-electron chi connectivity index (χ4n) is 2.38. The van der Waals surface area contributed by atoms with Crippen LogP contribution in [0.25, 0.3) is 0 Å². The highest BCUT2D eigenvalue weighted by Crippen LogP contribution is 2.07. The van der Waals surface area contributed by atoms with Gasteiger partial charge in [0.1, 0.15) is 0 Å². The third-order valence-electron chi connectivity index (χ3n) is 3.48. The number of nitrogens with zero attached hydrogens (tertiary/aromatic N) is 3. The molecule has 0 aliphatic carbocycles. The molecule has 0 spiro atoms. The Morgan fingerprint density at radius 3 is 1.91 bits per heavy atom. The van der Waals surface area contributed by atoms with Crippen LogP contribution in [0.3, 0.4) is 0 Å². The lowest BCUT2D eigenvalue weighted by molar-refractivity contribution is 0.324. The summed E-state index contributed by atoms with van der Waals surface area (Å²) in [5.41, 5.74) is -1.56. The largest absolute Gasteiger partial charge is 0.337 e. The van der Waals surface area contributed by atoms with Crippen LogP contribution in [0.15, 0.2) is 44.7 Å². The molecule has 22 heavy (non-hydrogen) atoms. The molecule has 0 atom stereocenters. The predicted molar refractivity (Wildman–Crippen MR) is 85.4 cm³/mol. The average molecular weight is 303 g/mol. The number of hydrogen-bond donors (Lipinski definition) is 0. The average Bonchev–Trinajstić information content (AvgIpc) is 2.43. The van der Waals surface area contributed by atoms with Crippen molar-refractivity contribution in [3.05, 3.63) is 67.3 Å². The van der Waals surface area contributed by atoms with Gasteiger partial charge in [-0.15, -0.1) is 0 Å². The van der Waals surface area contributed by atoms with Crippen LogP contribution in [-0.4, -0.2) is 13.7 Å². The highest BCUT2D eigenvalue weighted by Gasteiger charge is 2.23. The van der Waals surface area contributed by atoms with Crippen LogP contribution in [0.2, 0.25) is 0 Å². The topological polar surface area (TPSA) is 66.0 Å². The Balaban J connectivity index is 2.77. The number of hydrogen-bond acceptors (Lipinski definition) is 3. The lowest BCUT2D eigenvalue weighted by Gasteiger charge is -2.23. The molecule has 6 heteroatoms. The SMILES string of the molecule is CCn1c(=O)n(Cc2ccccc2)c(=O)n(C(C)(C)C)c1=O. The summed E-state index contributed by atoms with van der Waals surface area (Å²) in [5.74, 6) is 0. The molecule has 1 heterocycles. The Morgan fingerprint density at radius 1 is 0.864 bits per heavy atom. The summed E-state index contributed by atoms with van der Waals surface area (Å²) in [6.07, 6.45) is 0. The molecule has 0 bridgehead atoms. The van der Waals surface area contributed by atoms with E-state index in [2.05, 4.69) is 0 Å². The third kappa shape index (κ3) is 2.81. The minimum absolute atomic E-state index is 0.148. The van der Waals surface area contributed by atoms with Crippen LogP contribution in [0.5, 0.6) is 0 Å². The Labute approximate surface area is 128 Å². The van der Waals surface area contributed by atoms with Gasteiger partial charge in [0.15, 0.2) is 0 Å². The van der Waals surface area contributed by atoms with Crippen molar-refractivity contribution in [1.82, 2.24) is 13.7 Å². The summed E-state index contributed by atoms with van der Waals surface area (Å²) < 4.78 is 3.35. The third-order valence-corrected chi connectivity index (χ3v) is 3.48. The number of rotatable bonds is 3. The lowest BCUT2D eigenvalue weighted by Crippen LogP contribution is -2.58. The smallest absolute Gasteiger partial charge is 0.247 e. The normalized spacial score (nSPS) is 11.6. The molecule has 0 saturated carbocycles. The molecule has 0 unspecified atom stereocenters. The molecule has 0 N–H and O–H groups in total. The molecule has 0 aliphatic heterocycles. The van der Waals surface area contributed by atoms with Gasteiger partial charge in [-0.3, -0.25) is 0 Å². The van der Waals surface area contributed by atoms with Gasteiger partial charge in [0.2, 0.25) is 0 Å². The highest BCUT2D eigenvalue weighted by atomic mass is 16.2. The molecular formula is C16H21N3O3. The van der Waals surface area contributed by atoms with Gasteiger partial charge in [-0.05, 0) is 33.3 Å². The van der Waals surface area contributed by atoms with Crippen molar-refractivity contribution < 1.29 is 0 Å². The summed E-state index contributed by atoms with van der Waals surface area (Å²) >= 11 is 0. The van der Waals surface area contributed by atoms with E-state index in [1.165, 1.54) is 0 Å². The first kappa shape index (κ1) is 16.0. The minimum atomic E-state index is -0.697. The van der Waals surface area contributed by atoms with Crippen molar-refractivity contribution in [2.24, 2.45) is 0 Å². The maximum Gasteiger partial charge on any atom is 0.337 e. The van der Waals surface area contributed by atoms with Crippen LogP contribution in [0.1, 0.15) is 33.3 Å². The predicted octanol–water partition coefficient (Wildman–Crippen LogP) is 0.995. The first-order valence-corrected chi connectivity index (χ1v) is 7.28. The van der Waals surface area contributed by atoms with Crippen LogP contribution in [-0.2, 0) is 18.6 Å². The second-order valence-electron chi connectivity index (χ2n) is 6.17. The fourth-order valence-corrected chi connectivity index (χ4v) is 2.38. The maximum atomic E-state index is 12.6. The van der Waals surface area contributed by atoms with Crippen LogP contribution >= 0.6 is 0 Å². The summed E-state index contributed by atoms with van der Waals surface area (Å²) in [4.78, 5) is 37.5. The maximum absolute atomic E-state index is 12.6. The van der Waals surface area contributed by atoms with E-state index in [-0.39, 0.29) is 13.1 Å². The van der Waals surface area contributed by atoms with E-state index >= 15 is 0 Å². The van der Waals surface area contributed by atoms with E-state index in [4.69, 9.17) is 0 Å². The Bertz CT molecular complexity index is 836. The minimum Gasteiger partial charge on any atom is -0.247 e. The Hall–Kier alpha value is -2.37. The van der Waals surface area contributed by atoms with E-state index in [1.54, 1.807) is 27.7 Å². The molecule has 1 aromatic carbocycles. The van der Waals surface area contributed by atoms with E-state index in [9.17, 15) is 14.4 Å². The van der Waals surface area contributed by atoms with Crippen molar-refractivity contribution in [1.29, 1.82) is 0 Å². The van der Waals surface area contributed by atoms with Crippen molar-refractivity contribution in [3.63, 3.8) is 0 Å². The number of benzene rings is 1. The van der Waals surface area contributed by atoms with Crippen molar-refractivity contribution in [2.45, 2.75) is 46.3 Å². The Kier molecular flexibility index (Phi) is 4.21. The second kappa shape index (κ2) is 5.79. The van der Waals surface area contributed by atoms with Crippen molar-refractivity contribution >= 4 is 0 Å². The molecular weight excluding hydrogens is 282 g/mol. The van der Waals surface area contributed by atoms with Crippen molar-refractivity contribution in [2.75, 3.05) is 0 Å². The fraction of sp³-hybridized carbons (Fsp3) is 0.438. The van der Waals surface area contributed by atoms with Gasteiger partial charge in [0.25, 0.3) is 0 Å². The molecule has 2 rings (SSSR count). The summed E-state index contributed by atoms with van der Waals surface area (Å²) in [6, 6.07) is 9.24. The zero-order valence-electron chi connectivity index (χ0n) is 13.4. The molecule has 2 aromatic rings. The standard InChI is InChI=1S/C16H21N3O3/c1-5-17-13(20)18(11-12-9-7-6-8-10-12)15(22)19(14(17)21)16(2,3)4/h6-10H,5,11H2,1-4H3. The molecule has 0 fully saturated rings. The molecule has 0 aliphatic rings. The zero-order chi connectivity index (χ0) is 16.5. The molecule has 0 saturated heterocycles. The van der Waals surface area contributed by atoms with E-state index < -0.39 is 22.6 Å². The van der Waals surface area contributed by atoms with Gasteiger partial charge >= 0.3 is 17.1 Å². The van der Waals surface area contributed by atoms with Gasteiger partial charge in [-0.2, -0.15) is 0 Å². The zero-order valence-corrected chi connectivity index (χ0v) is 13.4. The molecule has 0 amide bonds. The van der Waals surface area contributed by atoms with Gasteiger partial charge in [-0.25, -0.2) is 28.1 Å². The Morgan fingerprint density at radius 2 is 1.41 bits per heavy atom. The van der Waals surface area contributed by atoms with Crippen LogP contribution in [0, 0.1) is 0 Å². The summed E-state index contributed by atoms with van der Waals surface area (Å²) in [5, 5.41) is 0. The van der Waals surface area contributed by atoms with Crippen LogP contribution in [0.4, 0.5) is 0 Å². The van der Waals surface area contributed by atoms with Gasteiger partial charge < -0.3 is 0 Å². The highest BCUT2D eigenvalue weighted by molar-refractivity contribution is 5.14. The quantitative estimate of drug-likeness (QED) is 0.849. The van der Waals surface area contributed by atoms with Gasteiger partial charge in [0.05, 0.1) is 6.54 Å².